The van der Waals surface area contributed by atoms with Crippen LogP contribution in [0.15, 0.2) is 9.59 Å². The van der Waals surface area contributed by atoms with Gasteiger partial charge in [-0.05, 0) is 6.42 Å². The average molecular weight is 251 g/mol. The molecule has 4 N–H and O–H groups in total. The van der Waals surface area contributed by atoms with Crippen LogP contribution in [0.5, 0.6) is 0 Å². The van der Waals surface area contributed by atoms with E-state index in [0.29, 0.717) is 12.2 Å². The molecule has 0 spiro atoms. The smallest absolute Gasteiger partial charge is 0.327 e. The van der Waals surface area contributed by atoms with Crippen molar-refractivity contribution in [2.75, 3.05) is 5.73 Å². The number of aromatic nitrogens is 4. The molecule has 0 saturated heterocycles. The van der Waals surface area contributed by atoms with Crippen LogP contribution < -0.4 is 17.0 Å². The molecule has 2 rings (SSSR count). The molecule has 0 aliphatic carbocycles. The highest BCUT2D eigenvalue weighted by molar-refractivity contribution is 5.70. The summed E-state index contributed by atoms with van der Waals surface area (Å²) in [4.78, 5) is 32.2. The minimum Gasteiger partial charge on any atom is -0.369 e. The molecule has 98 valence electrons. The maximum Gasteiger partial charge on any atom is 0.327 e. The minimum atomic E-state index is -0.415. The molecule has 0 atom stereocenters. The summed E-state index contributed by atoms with van der Waals surface area (Å²) < 4.78 is 1.47. The van der Waals surface area contributed by atoms with Crippen LogP contribution in [0, 0.1) is 0 Å². The maximum atomic E-state index is 11.7. The number of fused-ring (bicyclic) bond motifs is 1. The fourth-order valence-electron chi connectivity index (χ4n) is 1.96. The first kappa shape index (κ1) is 12.4. The molecule has 0 unspecified atom stereocenters. The van der Waals surface area contributed by atoms with Crippen molar-refractivity contribution in [2.24, 2.45) is 0 Å². The Labute approximate surface area is 103 Å². The van der Waals surface area contributed by atoms with E-state index in [1.807, 2.05) is 0 Å². The third-order valence-corrected chi connectivity index (χ3v) is 2.89. The van der Waals surface area contributed by atoms with Crippen molar-refractivity contribution in [3.63, 3.8) is 0 Å². The van der Waals surface area contributed by atoms with Crippen molar-refractivity contribution in [2.45, 2.75) is 39.2 Å². The van der Waals surface area contributed by atoms with Gasteiger partial charge in [-0.15, -0.1) is 0 Å². The van der Waals surface area contributed by atoms with Crippen molar-refractivity contribution >= 4 is 17.1 Å². The van der Waals surface area contributed by atoms with Crippen molar-refractivity contribution in [3.05, 3.63) is 20.8 Å². The van der Waals surface area contributed by atoms with E-state index in [1.165, 1.54) is 4.57 Å². The quantitative estimate of drug-likeness (QED) is 0.675. The topological polar surface area (TPSA) is 110 Å². The van der Waals surface area contributed by atoms with Crippen LogP contribution in [-0.4, -0.2) is 19.5 Å². The number of aryl methyl sites for hydroxylation is 1. The summed E-state index contributed by atoms with van der Waals surface area (Å²) in [5.74, 6) is 0.0220. The lowest BCUT2D eigenvalue weighted by Crippen LogP contribution is -2.17. The van der Waals surface area contributed by atoms with Gasteiger partial charge in [0.15, 0.2) is 11.2 Å². The van der Waals surface area contributed by atoms with E-state index in [4.69, 9.17) is 5.73 Å². The number of unbranched alkanes of at least 4 members (excludes halogenated alkanes) is 3. The van der Waals surface area contributed by atoms with Crippen molar-refractivity contribution in [3.8, 4) is 0 Å². The van der Waals surface area contributed by atoms with Gasteiger partial charge in [0, 0.05) is 6.54 Å². The van der Waals surface area contributed by atoms with E-state index in [2.05, 4.69) is 21.9 Å². The Hall–Kier alpha value is -2.05. The van der Waals surface area contributed by atoms with Gasteiger partial charge >= 0.3 is 5.69 Å². The SMILES string of the molecule is CCCCCCn1c(=O)[nH]c2c(=O)[nH]c(N)nc21. The standard InChI is InChI=1S/C11H17N5O2/c1-2-3-4-5-6-16-8-7(13-11(16)18)9(17)15-10(12)14-8/h2-6H2,1H3,(H,13,18)(H3,12,14,15,17). The predicted octanol–water partition coefficient (Wildman–Crippen LogP) is 0.575. The second kappa shape index (κ2) is 5.07. The zero-order valence-corrected chi connectivity index (χ0v) is 10.3. The second-order valence-corrected chi connectivity index (χ2v) is 4.29. The number of rotatable bonds is 5. The summed E-state index contributed by atoms with van der Waals surface area (Å²) >= 11 is 0. The molecule has 2 heterocycles. The first-order valence-corrected chi connectivity index (χ1v) is 6.11. The Balaban J connectivity index is 2.35. The van der Waals surface area contributed by atoms with Crippen molar-refractivity contribution < 1.29 is 0 Å². The van der Waals surface area contributed by atoms with Crippen LogP contribution in [0.3, 0.4) is 0 Å². The number of nitrogens with zero attached hydrogens (tertiary/aromatic N) is 2. The van der Waals surface area contributed by atoms with Crippen molar-refractivity contribution in [1.29, 1.82) is 0 Å². The fourth-order valence-corrected chi connectivity index (χ4v) is 1.96. The highest BCUT2D eigenvalue weighted by Crippen LogP contribution is 2.06. The highest BCUT2D eigenvalue weighted by Gasteiger charge is 2.11. The molecule has 0 fully saturated rings. The van der Waals surface area contributed by atoms with E-state index in [9.17, 15) is 9.59 Å². The minimum absolute atomic E-state index is 0.0220. The maximum absolute atomic E-state index is 11.7. The molecule has 2 aromatic rings. The molecule has 7 nitrogen and oxygen atoms in total. The molecule has 0 aliphatic rings. The molecule has 0 bridgehead atoms. The lowest BCUT2D eigenvalue weighted by atomic mass is 10.2. The largest absolute Gasteiger partial charge is 0.369 e. The molecule has 2 aromatic heterocycles. The van der Waals surface area contributed by atoms with E-state index in [-0.39, 0.29) is 17.2 Å². The third kappa shape index (κ3) is 2.29. The third-order valence-electron chi connectivity index (χ3n) is 2.89. The van der Waals surface area contributed by atoms with E-state index >= 15 is 0 Å². The van der Waals surface area contributed by atoms with Crippen LogP contribution in [0.1, 0.15) is 32.6 Å². The summed E-state index contributed by atoms with van der Waals surface area (Å²) in [5.41, 5.74) is 5.27. The number of nitrogens with two attached hydrogens (primary N) is 1. The van der Waals surface area contributed by atoms with Crippen LogP contribution in [0.4, 0.5) is 5.95 Å². The summed E-state index contributed by atoms with van der Waals surface area (Å²) in [7, 11) is 0. The van der Waals surface area contributed by atoms with Gasteiger partial charge in [-0.2, -0.15) is 4.98 Å². The molecule has 0 saturated carbocycles. The van der Waals surface area contributed by atoms with Crippen LogP contribution in [0.25, 0.3) is 11.2 Å². The number of imidazole rings is 1. The molecular formula is C11H17N5O2. The van der Waals surface area contributed by atoms with Gasteiger partial charge in [-0.3, -0.25) is 19.3 Å². The molecule has 0 radical (unpaired) electrons. The van der Waals surface area contributed by atoms with Gasteiger partial charge in [0.1, 0.15) is 0 Å². The number of hydrogen-bond acceptors (Lipinski definition) is 4. The number of H-pyrrole nitrogens is 2. The highest BCUT2D eigenvalue weighted by atomic mass is 16.2. The van der Waals surface area contributed by atoms with Gasteiger partial charge < -0.3 is 5.73 Å². The Bertz CT molecular complexity index is 651. The Morgan fingerprint density at radius 3 is 2.72 bits per heavy atom. The van der Waals surface area contributed by atoms with E-state index in [1.54, 1.807) is 0 Å². The Kier molecular flexibility index (Phi) is 3.50. The van der Waals surface area contributed by atoms with Gasteiger partial charge in [0.05, 0.1) is 0 Å². The van der Waals surface area contributed by atoms with Gasteiger partial charge in [-0.25, -0.2) is 4.79 Å². The summed E-state index contributed by atoms with van der Waals surface area (Å²) in [5, 5.41) is 0. The van der Waals surface area contributed by atoms with Crippen LogP contribution >= 0.6 is 0 Å². The lowest BCUT2D eigenvalue weighted by Gasteiger charge is -2.02. The van der Waals surface area contributed by atoms with Gasteiger partial charge in [0.2, 0.25) is 5.95 Å². The first-order valence-electron chi connectivity index (χ1n) is 6.11. The zero-order valence-electron chi connectivity index (χ0n) is 10.3. The molecule has 0 aliphatic heterocycles. The van der Waals surface area contributed by atoms with E-state index < -0.39 is 5.56 Å². The fraction of sp³-hybridized carbons (Fsp3) is 0.545. The normalized spacial score (nSPS) is 11.2. The second-order valence-electron chi connectivity index (χ2n) is 4.29. The molecule has 0 aromatic carbocycles. The molecular weight excluding hydrogens is 234 g/mol. The number of nitrogens with one attached hydrogen (secondary N) is 2. The average Bonchev–Trinajstić information content (AvgIpc) is 2.62. The number of nitrogen functional groups attached to an aromatic ring is 1. The lowest BCUT2D eigenvalue weighted by molar-refractivity contribution is 0.579. The Morgan fingerprint density at radius 1 is 1.22 bits per heavy atom. The predicted molar refractivity (Wildman–Crippen MR) is 69.5 cm³/mol. The number of anilines is 1. The van der Waals surface area contributed by atoms with Gasteiger partial charge in [0.25, 0.3) is 5.56 Å². The van der Waals surface area contributed by atoms with Crippen LogP contribution in [0.2, 0.25) is 0 Å². The summed E-state index contributed by atoms with van der Waals surface area (Å²) in [6.45, 7) is 2.67. The van der Waals surface area contributed by atoms with Crippen LogP contribution in [-0.2, 0) is 6.54 Å². The monoisotopic (exact) mass is 251 g/mol. The van der Waals surface area contributed by atoms with Gasteiger partial charge in [-0.1, -0.05) is 26.2 Å². The number of aromatic amines is 2. The molecule has 7 heteroatoms. The van der Waals surface area contributed by atoms with Crippen molar-refractivity contribution in [1.82, 2.24) is 19.5 Å². The molecule has 18 heavy (non-hydrogen) atoms. The summed E-state index contributed by atoms with van der Waals surface area (Å²) in [6.07, 6.45) is 4.20. The first-order chi connectivity index (χ1) is 8.63. The number of hydrogen-bond donors (Lipinski definition) is 3. The molecule has 0 amide bonds. The zero-order chi connectivity index (χ0) is 13.1. The summed E-state index contributed by atoms with van der Waals surface area (Å²) in [6, 6.07) is 0. The van der Waals surface area contributed by atoms with E-state index in [0.717, 1.165) is 25.7 Å². The Morgan fingerprint density at radius 2 is 2.00 bits per heavy atom.